The second-order valence-electron chi connectivity index (χ2n) is 5.93. The van der Waals surface area contributed by atoms with Gasteiger partial charge in [0.05, 0.1) is 12.4 Å². The number of hydrogen-bond acceptors (Lipinski definition) is 6. The van der Waals surface area contributed by atoms with E-state index in [-0.39, 0.29) is 23.2 Å². The molecule has 2 heterocycles. The molecule has 7 nitrogen and oxygen atoms in total. The number of piperidine rings is 1. The summed E-state index contributed by atoms with van der Waals surface area (Å²) in [7, 11) is 0. The Labute approximate surface area is 151 Å². The van der Waals surface area contributed by atoms with Gasteiger partial charge in [0, 0.05) is 18.3 Å². The van der Waals surface area contributed by atoms with Gasteiger partial charge in [-0.3, -0.25) is 9.59 Å². The Morgan fingerprint density at radius 3 is 2.92 bits per heavy atom. The Morgan fingerprint density at radius 2 is 2.20 bits per heavy atom. The molecule has 1 N–H and O–H groups in total. The number of aromatic nitrogens is 2. The van der Waals surface area contributed by atoms with Crippen molar-refractivity contribution in [3.63, 3.8) is 0 Å². The van der Waals surface area contributed by atoms with Crippen molar-refractivity contribution in [1.29, 1.82) is 0 Å². The number of likely N-dealkylation sites (tertiary alicyclic amines) is 1. The topological polar surface area (TPSA) is 92.4 Å². The molecule has 25 heavy (non-hydrogen) atoms. The first kappa shape index (κ1) is 19.5. The summed E-state index contributed by atoms with van der Waals surface area (Å²) in [4.78, 5) is 44.9. The predicted octanol–water partition coefficient (Wildman–Crippen LogP) is 1.76. The van der Waals surface area contributed by atoms with Crippen LogP contribution in [0.15, 0.2) is 16.0 Å². The number of ether oxygens (including phenoxy) is 1. The summed E-state index contributed by atoms with van der Waals surface area (Å²) in [6.45, 7) is 4.64. The van der Waals surface area contributed by atoms with Crippen LogP contribution in [-0.2, 0) is 20.7 Å². The van der Waals surface area contributed by atoms with Gasteiger partial charge in [0.1, 0.15) is 6.04 Å². The van der Waals surface area contributed by atoms with Crippen LogP contribution < -0.4 is 5.56 Å². The largest absolute Gasteiger partial charge is 0.464 e. The molecule has 1 unspecified atom stereocenters. The number of aromatic amines is 1. The number of rotatable bonds is 7. The highest BCUT2D eigenvalue weighted by atomic mass is 32.2. The van der Waals surface area contributed by atoms with E-state index < -0.39 is 6.04 Å². The van der Waals surface area contributed by atoms with Crippen molar-refractivity contribution in [3.8, 4) is 0 Å². The summed E-state index contributed by atoms with van der Waals surface area (Å²) in [5.74, 6) is -0.336. The van der Waals surface area contributed by atoms with Gasteiger partial charge in [0.2, 0.25) is 5.91 Å². The van der Waals surface area contributed by atoms with Gasteiger partial charge in [-0.1, -0.05) is 25.1 Å². The maximum absolute atomic E-state index is 12.6. The number of H-pyrrole nitrogens is 1. The maximum atomic E-state index is 12.6. The number of thioether (sulfide) groups is 1. The van der Waals surface area contributed by atoms with Gasteiger partial charge in [0.25, 0.3) is 5.56 Å². The predicted molar refractivity (Wildman–Crippen MR) is 95.6 cm³/mol. The molecular weight excluding hydrogens is 342 g/mol. The minimum atomic E-state index is -0.500. The molecule has 1 fully saturated rings. The van der Waals surface area contributed by atoms with Crippen LogP contribution in [0, 0.1) is 0 Å². The molecule has 0 aromatic carbocycles. The number of carbonyl (C=O) groups excluding carboxylic acids is 2. The third-order valence-corrected chi connectivity index (χ3v) is 4.85. The molecule has 1 amide bonds. The summed E-state index contributed by atoms with van der Waals surface area (Å²) < 4.78 is 5.08. The number of aryl methyl sites for hydroxylation is 1. The van der Waals surface area contributed by atoms with Gasteiger partial charge in [-0.25, -0.2) is 9.78 Å². The van der Waals surface area contributed by atoms with Crippen molar-refractivity contribution >= 4 is 23.6 Å². The number of nitrogens with one attached hydrogen (secondary N) is 1. The van der Waals surface area contributed by atoms with E-state index in [9.17, 15) is 14.4 Å². The third kappa shape index (κ3) is 5.59. The molecule has 0 radical (unpaired) electrons. The van der Waals surface area contributed by atoms with Crippen LogP contribution in [0.4, 0.5) is 0 Å². The fraction of sp³-hybridized carbons (Fsp3) is 0.647. The van der Waals surface area contributed by atoms with Gasteiger partial charge < -0.3 is 14.6 Å². The molecule has 1 aromatic rings. The van der Waals surface area contributed by atoms with E-state index in [1.165, 1.54) is 17.8 Å². The van der Waals surface area contributed by atoms with Crippen molar-refractivity contribution in [3.05, 3.63) is 22.1 Å². The number of nitrogens with zero attached hydrogens (tertiary/aromatic N) is 2. The minimum Gasteiger partial charge on any atom is -0.464 e. The number of carbonyl (C=O) groups is 2. The zero-order chi connectivity index (χ0) is 18.2. The number of esters is 1. The van der Waals surface area contributed by atoms with E-state index in [1.54, 1.807) is 11.8 Å². The van der Waals surface area contributed by atoms with Crippen LogP contribution in [-0.4, -0.2) is 51.7 Å². The molecule has 0 aliphatic carbocycles. The maximum Gasteiger partial charge on any atom is 0.328 e. The smallest absolute Gasteiger partial charge is 0.328 e. The normalized spacial score (nSPS) is 17.4. The summed E-state index contributed by atoms with van der Waals surface area (Å²) in [5.41, 5.74) is 0.513. The molecule has 0 spiro atoms. The van der Waals surface area contributed by atoms with E-state index >= 15 is 0 Å². The lowest BCUT2D eigenvalue weighted by molar-refractivity contribution is -0.155. The summed E-state index contributed by atoms with van der Waals surface area (Å²) >= 11 is 1.19. The van der Waals surface area contributed by atoms with Gasteiger partial charge in [-0.05, 0) is 32.6 Å². The van der Waals surface area contributed by atoms with Crippen LogP contribution >= 0.6 is 11.8 Å². The van der Waals surface area contributed by atoms with Crippen LogP contribution in [0.25, 0.3) is 0 Å². The van der Waals surface area contributed by atoms with Crippen molar-refractivity contribution in [2.75, 3.05) is 18.9 Å². The second-order valence-corrected chi connectivity index (χ2v) is 6.90. The lowest BCUT2D eigenvalue weighted by atomic mass is 10.0. The average molecular weight is 367 g/mol. The first-order valence-electron chi connectivity index (χ1n) is 8.74. The Hall–Kier alpha value is -1.83. The summed E-state index contributed by atoms with van der Waals surface area (Å²) in [6, 6.07) is 0.983. The lowest BCUT2D eigenvalue weighted by Crippen LogP contribution is -2.49. The molecule has 1 aliphatic rings. The third-order valence-electron chi connectivity index (χ3n) is 3.99. The second kappa shape index (κ2) is 9.60. The standard InChI is InChI=1S/C17H25N3O4S/c1-3-7-12-10-14(21)19-17(18-12)25-11-15(22)20-9-6-5-8-13(20)16(23)24-4-2/h10,13H,3-9,11H2,1-2H3,(H,18,19,21). The van der Waals surface area contributed by atoms with Crippen molar-refractivity contribution in [1.82, 2.24) is 14.9 Å². The molecule has 1 aromatic heterocycles. The Balaban J connectivity index is 2.00. The highest BCUT2D eigenvalue weighted by molar-refractivity contribution is 7.99. The highest BCUT2D eigenvalue weighted by Crippen LogP contribution is 2.21. The molecule has 0 saturated carbocycles. The molecule has 0 bridgehead atoms. The first-order chi connectivity index (χ1) is 12.0. The fourth-order valence-electron chi connectivity index (χ4n) is 2.86. The van der Waals surface area contributed by atoms with Crippen LogP contribution in [0.3, 0.4) is 0 Å². The number of hydrogen-bond donors (Lipinski definition) is 1. The molecule has 138 valence electrons. The van der Waals surface area contributed by atoms with Gasteiger partial charge >= 0.3 is 5.97 Å². The zero-order valence-electron chi connectivity index (χ0n) is 14.7. The van der Waals surface area contributed by atoms with Crippen molar-refractivity contribution in [2.45, 2.75) is 57.1 Å². The minimum absolute atomic E-state index is 0.133. The van der Waals surface area contributed by atoms with E-state index in [0.29, 0.717) is 24.7 Å². The lowest BCUT2D eigenvalue weighted by Gasteiger charge is -2.33. The van der Waals surface area contributed by atoms with Gasteiger partial charge in [-0.15, -0.1) is 0 Å². The van der Waals surface area contributed by atoms with Gasteiger partial charge in [-0.2, -0.15) is 0 Å². The fourth-order valence-corrected chi connectivity index (χ4v) is 3.64. The Kier molecular flexibility index (Phi) is 7.49. The number of amides is 1. The highest BCUT2D eigenvalue weighted by Gasteiger charge is 2.32. The Bertz CT molecular complexity index is 662. The average Bonchev–Trinajstić information content (AvgIpc) is 2.60. The molecule has 1 atom stereocenters. The molecule has 1 saturated heterocycles. The van der Waals surface area contributed by atoms with Crippen molar-refractivity contribution in [2.24, 2.45) is 0 Å². The Morgan fingerprint density at radius 1 is 1.40 bits per heavy atom. The van der Waals surface area contributed by atoms with Crippen LogP contribution in [0.5, 0.6) is 0 Å². The van der Waals surface area contributed by atoms with E-state index in [4.69, 9.17) is 4.74 Å². The molecule has 2 rings (SSSR count). The van der Waals surface area contributed by atoms with Crippen LogP contribution in [0.1, 0.15) is 45.2 Å². The molecular formula is C17H25N3O4S. The first-order valence-corrected chi connectivity index (χ1v) is 9.72. The monoisotopic (exact) mass is 367 g/mol. The van der Waals surface area contributed by atoms with Crippen molar-refractivity contribution < 1.29 is 14.3 Å². The van der Waals surface area contributed by atoms with Crippen LogP contribution in [0.2, 0.25) is 0 Å². The molecule has 1 aliphatic heterocycles. The molecule has 8 heteroatoms. The quantitative estimate of drug-likeness (QED) is 0.448. The summed E-state index contributed by atoms with van der Waals surface area (Å²) in [6.07, 6.45) is 4.05. The van der Waals surface area contributed by atoms with Gasteiger partial charge in [0.15, 0.2) is 5.16 Å². The summed E-state index contributed by atoms with van der Waals surface area (Å²) in [5, 5.41) is 0.439. The van der Waals surface area contributed by atoms with E-state index in [0.717, 1.165) is 31.4 Å². The van der Waals surface area contributed by atoms with E-state index in [2.05, 4.69) is 9.97 Å². The van der Waals surface area contributed by atoms with E-state index in [1.807, 2.05) is 6.92 Å². The SMILES string of the molecule is CCCc1cc(=O)[nH]c(SCC(=O)N2CCCCC2C(=O)OCC)n1. The zero-order valence-corrected chi connectivity index (χ0v) is 15.6.